The monoisotopic (exact) mass is 279 g/mol. The molecule has 1 aromatic carbocycles. The van der Waals surface area contributed by atoms with Crippen molar-refractivity contribution in [3.8, 4) is 0 Å². The third-order valence-electron chi connectivity index (χ3n) is 2.86. The van der Waals surface area contributed by atoms with Gasteiger partial charge in [0.1, 0.15) is 11.6 Å². The Hall–Kier alpha value is -1.39. The van der Waals surface area contributed by atoms with Gasteiger partial charge in [-0.2, -0.15) is 0 Å². The Morgan fingerprint density at radius 1 is 1.25 bits per heavy atom. The molecule has 0 amide bonds. The third-order valence-corrected chi connectivity index (χ3v) is 2.86. The highest BCUT2D eigenvalue weighted by molar-refractivity contribution is 5.76. The van der Waals surface area contributed by atoms with E-state index in [-0.39, 0.29) is 6.61 Å². The molecule has 0 radical (unpaired) electrons. The zero-order valence-corrected chi connectivity index (χ0v) is 12.8. The highest BCUT2D eigenvalue weighted by Crippen LogP contribution is 2.09. The number of carbonyl (C=O) groups is 1. The average molecular weight is 279 g/mol. The molecule has 112 valence electrons. The Morgan fingerprint density at radius 3 is 2.25 bits per heavy atom. The SMILES string of the molecule is CCc1ccc(CNC(CO)C(=O)OC(C)(C)C)cc1. The molecule has 0 saturated carbocycles. The van der Waals surface area contributed by atoms with E-state index in [0.717, 1.165) is 12.0 Å². The van der Waals surface area contributed by atoms with Crippen LogP contribution in [-0.2, 0) is 22.5 Å². The molecule has 4 nitrogen and oxygen atoms in total. The number of nitrogens with one attached hydrogen (secondary N) is 1. The maximum atomic E-state index is 11.9. The van der Waals surface area contributed by atoms with Crippen LogP contribution in [0.5, 0.6) is 0 Å². The number of hydrogen-bond donors (Lipinski definition) is 2. The molecule has 2 N–H and O–H groups in total. The number of ether oxygens (including phenoxy) is 1. The standard InChI is InChI=1S/C16H25NO3/c1-5-12-6-8-13(9-7-12)10-17-14(11-18)15(19)20-16(2,3)4/h6-9,14,17-18H,5,10-11H2,1-4H3. The van der Waals surface area contributed by atoms with Gasteiger partial charge in [-0.05, 0) is 38.3 Å². The first-order valence-corrected chi connectivity index (χ1v) is 7.00. The molecule has 0 aliphatic heterocycles. The number of rotatable bonds is 6. The molecule has 1 atom stereocenters. The fraction of sp³-hybridized carbons (Fsp3) is 0.562. The lowest BCUT2D eigenvalue weighted by molar-refractivity contribution is -0.158. The molecule has 0 fully saturated rings. The molecule has 20 heavy (non-hydrogen) atoms. The fourth-order valence-corrected chi connectivity index (χ4v) is 1.73. The minimum absolute atomic E-state index is 0.276. The summed E-state index contributed by atoms with van der Waals surface area (Å²) in [6, 6.07) is 7.49. The fourth-order valence-electron chi connectivity index (χ4n) is 1.73. The Bertz CT molecular complexity index is 420. The highest BCUT2D eigenvalue weighted by Gasteiger charge is 2.24. The van der Waals surface area contributed by atoms with Crippen LogP contribution in [0, 0.1) is 0 Å². The van der Waals surface area contributed by atoms with Crippen molar-refractivity contribution in [2.45, 2.75) is 52.3 Å². The van der Waals surface area contributed by atoms with E-state index in [1.54, 1.807) is 0 Å². The molecule has 1 aromatic rings. The van der Waals surface area contributed by atoms with Gasteiger partial charge in [-0.25, -0.2) is 0 Å². The van der Waals surface area contributed by atoms with Gasteiger partial charge in [0.05, 0.1) is 6.61 Å². The zero-order valence-electron chi connectivity index (χ0n) is 12.8. The Morgan fingerprint density at radius 2 is 1.80 bits per heavy atom. The molecule has 4 heteroatoms. The second-order valence-corrected chi connectivity index (χ2v) is 5.82. The number of aliphatic hydroxyl groups excluding tert-OH is 1. The molecule has 0 spiro atoms. The largest absolute Gasteiger partial charge is 0.459 e. The molecule has 0 aliphatic rings. The van der Waals surface area contributed by atoms with E-state index >= 15 is 0 Å². The van der Waals surface area contributed by atoms with Crippen LogP contribution < -0.4 is 5.32 Å². The molecule has 1 unspecified atom stereocenters. The lowest BCUT2D eigenvalue weighted by Crippen LogP contribution is -2.43. The first-order chi connectivity index (χ1) is 9.35. The molecule has 1 rings (SSSR count). The summed E-state index contributed by atoms with van der Waals surface area (Å²) in [5, 5.41) is 12.3. The summed E-state index contributed by atoms with van der Waals surface area (Å²) in [7, 11) is 0. The molecule has 0 aliphatic carbocycles. The summed E-state index contributed by atoms with van der Waals surface area (Å²) in [6.07, 6.45) is 1.00. The van der Waals surface area contributed by atoms with Gasteiger partial charge in [0, 0.05) is 6.54 Å². The molecular formula is C16H25NO3. The lowest BCUT2D eigenvalue weighted by Gasteiger charge is -2.23. The van der Waals surface area contributed by atoms with E-state index in [9.17, 15) is 9.90 Å². The number of carbonyl (C=O) groups excluding carboxylic acids is 1. The first kappa shape index (κ1) is 16.7. The first-order valence-electron chi connectivity index (χ1n) is 7.00. The summed E-state index contributed by atoms with van der Waals surface area (Å²) in [6.45, 7) is 7.78. The van der Waals surface area contributed by atoms with E-state index in [0.29, 0.717) is 6.54 Å². The predicted molar refractivity (Wildman–Crippen MR) is 79.4 cm³/mol. The molecule has 0 heterocycles. The van der Waals surface area contributed by atoms with Crippen LogP contribution in [0.1, 0.15) is 38.8 Å². The Balaban J connectivity index is 2.53. The van der Waals surface area contributed by atoms with Crippen molar-refractivity contribution in [2.75, 3.05) is 6.61 Å². The molecular weight excluding hydrogens is 254 g/mol. The number of hydrogen-bond acceptors (Lipinski definition) is 4. The van der Waals surface area contributed by atoms with Crippen LogP contribution in [0.3, 0.4) is 0 Å². The normalized spacial score (nSPS) is 13.1. The van der Waals surface area contributed by atoms with Gasteiger partial charge in [0.15, 0.2) is 0 Å². The summed E-state index contributed by atoms with van der Waals surface area (Å²) in [5.74, 6) is -0.426. The molecule has 0 saturated heterocycles. The van der Waals surface area contributed by atoms with Crippen LogP contribution in [0.25, 0.3) is 0 Å². The van der Waals surface area contributed by atoms with E-state index in [4.69, 9.17) is 4.74 Å². The summed E-state index contributed by atoms with van der Waals surface area (Å²) < 4.78 is 5.25. The van der Waals surface area contributed by atoms with Crippen molar-refractivity contribution in [3.63, 3.8) is 0 Å². The van der Waals surface area contributed by atoms with Crippen LogP contribution >= 0.6 is 0 Å². The van der Waals surface area contributed by atoms with E-state index in [1.165, 1.54) is 5.56 Å². The minimum Gasteiger partial charge on any atom is -0.459 e. The third kappa shape index (κ3) is 5.72. The summed E-state index contributed by atoms with van der Waals surface area (Å²) >= 11 is 0. The van der Waals surface area contributed by atoms with Gasteiger partial charge in [0.2, 0.25) is 0 Å². The van der Waals surface area contributed by atoms with E-state index in [2.05, 4.69) is 24.4 Å². The van der Waals surface area contributed by atoms with Crippen molar-refractivity contribution in [2.24, 2.45) is 0 Å². The maximum Gasteiger partial charge on any atom is 0.326 e. The maximum absolute atomic E-state index is 11.9. The van der Waals surface area contributed by atoms with Gasteiger partial charge in [-0.15, -0.1) is 0 Å². The number of aryl methyl sites for hydroxylation is 1. The van der Waals surface area contributed by atoms with E-state index < -0.39 is 17.6 Å². The van der Waals surface area contributed by atoms with Crippen LogP contribution in [0.4, 0.5) is 0 Å². The van der Waals surface area contributed by atoms with Crippen molar-refractivity contribution in [1.29, 1.82) is 0 Å². The van der Waals surface area contributed by atoms with Gasteiger partial charge < -0.3 is 9.84 Å². The van der Waals surface area contributed by atoms with Crippen molar-refractivity contribution < 1.29 is 14.6 Å². The number of benzene rings is 1. The average Bonchev–Trinajstić information content (AvgIpc) is 2.38. The Labute approximate surface area is 121 Å². The van der Waals surface area contributed by atoms with Crippen molar-refractivity contribution in [1.82, 2.24) is 5.32 Å². The zero-order chi connectivity index (χ0) is 15.2. The number of esters is 1. The van der Waals surface area contributed by atoms with E-state index in [1.807, 2.05) is 32.9 Å². The Kier molecular flexibility index (Phi) is 6.17. The smallest absolute Gasteiger partial charge is 0.326 e. The van der Waals surface area contributed by atoms with Gasteiger partial charge in [-0.3, -0.25) is 10.1 Å². The van der Waals surface area contributed by atoms with Gasteiger partial charge >= 0.3 is 5.97 Å². The predicted octanol–water partition coefficient (Wildman–Crippen LogP) is 2.04. The summed E-state index contributed by atoms with van der Waals surface area (Å²) in [4.78, 5) is 11.9. The topological polar surface area (TPSA) is 58.6 Å². The number of aliphatic hydroxyl groups is 1. The summed E-state index contributed by atoms with van der Waals surface area (Å²) in [5.41, 5.74) is 1.80. The quantitative estimate of drug-likeness (QED) is 0.782. The van der Waals surface area contributed by atoms with Crippen LogP contribution in [0.15, 0.2) is 24.3 Å². The van der Waals surface area contributed by atoms with Crippen LogP contribution in [0.2, 0.25) is 0 Å². The highest BCUT2D eigenvalue weighted by atomic mass is 16.6. The van der Waals surface area contributed by atoms with Gasteiger partial charge in [0.25, 0.3) is 0 Å². The molecule has 0 aromatic heterocycles. The van der Waals surface area contributed by atoms with Crippen molar-refractivity contribution >= 4 is 5.97 Å². The molecule has 0 bridgehead atoms. The van der Waals surface area contributed by atoms with Crippen molar-refractivity contribution in [3.05, 3.63) is 35.4 Å². The van der Waals surface area contributed by atoms with Crippen LogP contribution in [-0.4, -0.2) is 29.3 Å². The van der Waals surface area contributed by atoms with Gasteiger partial charge in [-0.1, -0.05) is 31.2 Å². The second kappa shape index (κ2) is 7.41. The second-order valence-electron chi connectivity index (χ2n) is 5.82. The lowest BCUT2D eigenvalue weighted by atomic mass is 10.1. The minimum atomic E-state index is -0.694.